The Kier molecular flexibility index (Phi) is 4.71. The molecule has 1 atom stereocenters. The molecule has 0 saturated heterocycles. The van der Waals surface area contributed by atoms with Gasteiger partial charge in [0, 0.05) is 17.7 Å². The first-order valence-corrected chi connectivity index (χ1v) is 6.13. The van der Waals surface area contributed by atoms with Crippen molar-refractivity contribution in [2.75, 3.05) is 0 Å². The molecule has 16 heavy (non-hydrogen) atoms. The van der Waals surface area contributed by atoms with Crippen LogP contribution in [0.5, 0.6) is 0 Å². The molecule has 3 nitrogen and oxygen atoms in total. The Balaban J connectivity index is 2.40. The molecular formula is C13H21NO2. The van der Waals surface area contributed by atoms with E-state index >= 15 is 0 Å². The molecule has 0 aromatic carbocycles. The van der Waals surface area contributed by atoms with E-state index in [0.29, 0.717) is 5.57 Å². The molecule has 2 amide bonds. The van der Waals surface area contributed by atoms with E-state index in [-0.39, 0.29) is 17.9 Å². The van der Waals surface area contributed by atoms with E-state index in [1.54, 1.807) is 6.92 Å². The van der Waals surface area contributed by atoms with Crippen LogP contribution in [0.2, 0.25) is 0 Å². The molecule has 90 valence electrons. The fraction of sp³-hybridized carbons (Fsp3) is 0.692. The quantitative estimate of drug-likeness (QED) is 0.513. The summed E-state index contributed by atoms with van der Waals surface area (Å²) in [7, 11) is 0. The molecule has 0 spiro atoms. The summed E-state index contributed by atoms with van der Waals surface area (Å²) in [5, 5.41) is 0. The zero-order valence-electron chi connectivity index (χ0n) is 10.5. The average molecular weight is 223 g/mol. The van der Waals surface area contributed by atoms with Gasteiger partial charge in [-0.05, 0) is 20.3 Å². The zero-order chi connectivity index (χ0) is 12.1. The SMILES string of the molecule is CCCCCCC(C)N1C(=O)C=C(C)C1=O. The maximum Gasteiger partial charge on any atom is 0.256 e. The molecular weight excluding hydrogens is 202 g/mol. The Bertz CT molecular complexity index is 307. The van der Waals surface area contributed by atoms with Crippen LogP contribution in [0.1, 0.15) is 52.9 Å². The molecule has 1 unspecified atom stereocenters. The van der Waals surface area contributed by atoms with Gasteiger partial charge in [0.2, 0.25) is 0 Å². The molecule has 1 aliphatic heterocycles. The number of imide groups is 1. The highest BCUT2D eigenvalue weighted by Crippen LogP contribution is 2.18. The summed E-state index contributed by atoms with van der Waals surface area (Å²) in [4.78, 5) is 24.6. The van der Waals surface area contributed by atoms with Crippen LogP contribution in [-0.2, 0) is 9.59 Å². The van der Waals surface area contributed by atoms with E-state index < -0.39 is 0 Å². The van der Waals surface area contributed by atoms with Gasteiger partial charge in [-0.25, -0.2) is 0 Å². The smallest absolute Gasteiger partial charge is 0.256 e. The molecule has 0 aromatic rings. The first-order chi connectivity index (χ1) is 7.57. The second-order valence-electron chi connectivity index (χ2n) is 4.54. The van der Waals surface area contributed by atoms with E-state index in [4.69, 9.17) is 0 Å². The summed E-state index contributed by atoms with van der Waals surface area (Å²) >= 11 is 0. The first kappa shape index (κ1) is 12.9. The van der Waals surface area contributed by atoms with Crippen molar-refractivity contribution in [1.29, 1.82) is 0 Å². The van der Waals surface area contributed by atoms with Crippen molar-refractivity contribution < 1.29 is 9.59 Å². The monoisotopic (exact) mass is 223 g/mol. The maximum absolute atomic E-state index is 11.7. The van der Waals surface area contributed by atoms with Gasteiger partial charge >= 0.3 is 0 Å². The summed E-state index contributed by atoms with van der Waals surface area (Å²) in [5.41, 5.74) is 0.561. The van der Waals surface area contributed by atoms with Crippen molar-refractivity contribution in [2.45, 2.75) is 58.9 Å². The molecule has 0 N–H and O–H groups in total. The Morgan fingerprint density at radius 3 is 2.44 bits per heavy atom. The summed E-state index contributed by atoms with van der Waals surface area (Å²) in [6.07, 6.45) is 7.06. The highest BCUT2D eigenvalue weighted by molar-refractivity contribution is 6.16. The fourth-order valence-corrected chi connectivity index (χ4v) is 2.02. The molecule has 3 heteroatoms. The summed E-state index contributed by atoms with van der Waals surface area (Å²) in [6, 6.07) is 0.0329. The van der Waals surface area contributed by atoms with Crippen molar-refractivity contribution in [2.24, 2.45) is 0 Å². The van der Waals surface area contributed by atoms with Gasteiger partial charge < -0.3 is 0 Å². The highest BCUT2D eigenvalue weighted by atomic mass is 16.2. The van der Waals surface area contributed by atoms with Gasteiger partial charge in [-0.3, -0.25) is 14.5 Å². The molecule has 0 fully saturated rings. The topological polar surface area (TPSA) is 37.4 Å². The van der Waals surface area contributed by atoms with Gasteiger partial charge in [0.1, 0.15) is 0 Å². The van der Waals surface area contributed by atoms with Gasteiger partial charge in [0.25, 0.3) is 11.8 Å². The molecule has 1 aliphatic rings. The fourth-order valence-electron chi connectivity index (χ4n) is 2.02. The van der Waals surface area contributed by atoms with Gasteiger partial charge in [0.05, 0.1) is 0 Å². The number of nitrogens with zero attached hydrogens (tertiary/aromatic N) is 1. The Labute approximate surface area is 97.5 Å². The Hall–Kier alpha value is -1.12. The number of carbonyl (C=O) groups is 2. The Morgan fingerprint density at radius 2 is 1.94 bits per heavy atom. The minimum Gasteiger partial charge on any atom is -0.272 e. The van der Waals surface area contributed by atoms with Gasteiger partial charge in [-0.2, -0.15) is 0 Å². The van der Waals surface area contributed by atoms with E-state index in [1.165, 1.54) is 30.2 Å². The molecule has 0 radical (unpaired) electrons. The van der Waals surface area contributed by atoms with Crippen molar-refractivity contribution in [1.82, 2.24) is 4.90 Å². The van der Waals surface area contributed by atoms with E-state index in [1.807, 2.05) is 6.92 Å². The number of amides is 2. The summed E-state index contributed by atoms with van der Waals surface area (Å²) < 4.78 is 0. The summed E-state index contributed by atoms with van der Waals surface area (Å²) in [5.74, 6) is -0.265. The first-order valence-electron chi connectivity index (χ1n) is 6.13. The number of hydrogen-bond donors (Lipinski definition) is 0. The third-order valence-electron chi connectivity index (χ3n) is 3.05. The number of hydrogen-bond acceptors (Lipinski definition) is 2. The molecule has 0 aromatic heterocycles. The molecule has 1 rings (SSSR count). The molecule has 0 aliphatic carbocycles. The summed E-state index contributed by atoms with van der Waals surface area (Å²) in [6.45, 7) is 5.82. The van der Waals surface area contributed by atoms with Crippen LogP contribution in [0.15, 0.2) is 11.6 Å². The van der Waals surface area contributed by atoms with Crippen LogP contribution < -0.4 is 0 Å². The number of rotatable bonds is 6. The predicted octanol–water partition coefficient (Wildman–Crippen LogP) is 2.66. The normalized spacial score (nSPS) is 17.9. The van der Waals surface area contributed by atoms with E-state index in [0.717, 1.165) is 12.8 Å². The van der Waals surface area contributed by atoms with E-state index in [2.05, 4.69) is 6.92 Å². The molecule has 0 bridgehead atoms. The van der Waals surface area contributed by atoms with Gasteiger partial charge in [-0.1, -0.05) is 32.6 Å². The number of unbranched alkanes of at least 4 members (excludes halogenated alkanes) is 3. The minimum atomic E-state index is -0.148. The van der Waals surface area contributed by atoms with Crippen LogP contribution in [0.25, 0.3) is 0 Å². The van der Waals surface area contributed by atoms with Crippen LogP contribution >= 0.6 is 0 Å². The van der Waals surface area contributed by atoms with Crippen molar-refractivity contribution >= 4 is 11.8 Å². The lowest BCUT2D eigenvalue weighted by Crippen LogP contribution is -2.38. The van der Waals surface area contributed by atoms with Crippen LogP contribution in [0.3, 0.4) is 0 Å². The van der Waals surface area contributed by atoms with Gasteiger partial charge in [0.15, 0.2) is 0 Å². The largest absolute Gasteiger partial charge is 0.272 e. The lowest BCUT2D eigenvalue weighted by Gasteiger charge is -2.22. The zero-order valence-corrected chi connectivity index (χ0v) is 10.5. The average Bonchev–Trinajstić information content (AvgIpc) is 2.48. The predicted molar refractivity (Wildman–Crippen MR) is 63.8 cm³/mol. The van der Waals surface area contributed by atoms with Crippen molar-refractivity contribution in [3.05, 3.63) is 11.6 Å². The maximum atomic E-state index is 11.7. The Morgan fingerprint density at radius 1 is 1.25 bits per heavy atom. The molecule has 1 heterocycles. The second kappa shape index (κ2) is 5.83. The highest BCUT2D eigenvalue weighted by Gasteiger charge is 2.31. The molecule has 0 saturated carbocycles. The third kappa shape index (κ3) is 2.94. The number of carbonyl (C=O) groups excluding carboxylic acids is 2. The van der Waals surface area contributed by atoms with Gasteiger partial charge in [-0.15, -0.1) is 0 Å². The van der Waals surface area contributed by atoms with E-state index in [9.17, 15) is 9.59 Å². The van der Waals surface area contributed by atoms with Crippen molar-refractivity contribution in [3.63, 3.8) is 0 Å². The lowest BCUT2D eigenvalue weighted by atomic mass is 10.1. The van der Waals surface area contributed by atoms with Crippen molar-refractivity contribution in [3.8, 4) is 0 Å². The standard InChI is InChI=1S/C13H21NO2/c1-4-5-6-7-8-11(3)14-12(15)9-10(2)13(14)16/h9,11H,4-8H2,1-3H3. The lowest BCUT2D eigenvalue weighted by molar-refractivity contribution is -0.139. The second-order valence-corrected chi connectivity index (χ2v) is 4.54. The minimum absolute atomic E-state index is 0.0329. The van der Waals surface area contributed by atoms with Crippen LogP contribution in [0.4, 0.5) is 0 Å². The third-order valence-corrected chi connectivity index (χ3v) is 3.05. The van der Waals surface area contributed by atoms with Crippen LogP contribution in [0, 0.1) is 0 Å². The van der Waals surface area contributed by atoms with Crippen LogP contribution in [-0.4, -0.2) is 22.8 Å².